The van der Waals surface area contributed by atoms with E-state index in [1.807, 2.05) is 0 Å². The van der Waals surface area contributed by atoms with E-state index in [1.165, 1.54) is 0 Å². The van der Waals surface area contributed by atoms with Gasteiger partial charge in [-0.2, -0.15) is 0 Å². The Morgan fingerprint density at radius 2 is 1.69 bits per heavy atom. The molecule has 0 bridgehead atoms. The van der Waals surface area contributed by atoms with E-state index < -0.39 is 24.0 Å². The van der Waals surface area contributed by atoms with Crippen LogP contribution in [0.2, 0.25) is 0 Å². The lowest BCUT2D eigenvalue weighted by molar-refractivity contribution is -0.144. The quantitative estimate of drug-likeness (QED) is 0.431. The summed E-state index contributed by atoms with van der Waals surface area (Å²) in [5, 5.41) is 26.5. The van der Waals surface area contributed by atoms with Gasteiger partial charge in [0.15, 0.2) is 0 Å². The van der Waals surface area contributed by atoms with Crippen molar-refractivity contribution in [1.82, 2.24) is 0 Å². The van der Waals surface area contributed by atoms with Crippen LogP contribution in [0.25, 0.3) is 0 Å². The summed E-state index contributed by atoms with van der Waals surface area (Å²) in [7, 11) is 0. The molecule has 92 valence electrons. The van der Waals surface area contributed by atoms with Crippen LogP contribution in [0.3, 0.4) is 0 Å². The maximum absolute atomic E-state index is 10.8. The van der Waals surface area contributed by atoms with Crippen molar-refractivity contribution in [3.63, 3.8) is 0 Å². The molecule has 0 aliphatic heterocycles. The molecule has 0 heterocycles. The van der Waals surface area contributed by atoms with Gasteiger partial charge in [-0.25, -0.2) is 4.79 Å². The van der Waals surface area contributed by atoms with E-state index in [0.717, 1.165) is 0 Å². The fourth-order valence-electron chi connectivity index (χ4n) is 1.38. The predicted molar refractivity (Wildman–Crippen MR) is 58.1 cm³/mol. The summed E-state index contributed by atoms with van der Waals surface area (Å²) in [6.07, 6.45) is 1.66. The van der Waals surface area contributed by atoms with Crippen LogP contribution in [-0.4, -0.2) is 33.4 Å². The van der Waals surface area contributed by atoms with Gasteiger partial charge in [0.2, 0.25) is 0 Å². The smallest absolute Gasteiger partial charge is 0.331 e. The SMILES string of the molecule is C=C(C(=O)O)[C@H](CCCCC(C)O)C(=O)O. The van der Waals surface area contributed by atoms with Crippen LogP contribution in [0.15, 0.2) is 12.2 Å². The number of carbonyl (C=O) groups is 2. The molecule has 0 saturated heterocycles. The summed E-state index contributed by atoms with van der Waals surface area (Å²) in [5.74, 6) is -3.47. The zero-order chi connectivity index (χ0) is 12.7. The van der Waals surface area contributed by atoms with E-state index >= 15 is 0 Å². The van der Waals surface area contributed by atoms with Gasteiger partial charge in [-0.3, -0.25) is 4.79 Å². The van der Waals surface area contributed by atoms with Crippen LogP contribution >= 0.6 is 0 Å². The second-order valence-electron chi connectivity index (χ2n) is 3.85. The first-order valence-electron chi connectivity index (χ1n) is 5.19. The van der Waals surface area contributed by atoms with Gasteiger partial charge < -0.3 is 15.3 Å². The second kappa shape index (κ2) is 7.00. The minimum Gasteiger partial charge on any atom is -0.481 e. The number of hydrogen-bond acceptors (Lipinski definition) is 3. The molecule has 0 aliphatic rings. The summed E-state index contributed by atoms with van der Waals surface area (Å²) in [5.41, 5.74) is -0.287. The van der Waals surface area contributed by atoms with Gasteiger partial charge in [-0.15, -0.1) is 0 Å². The van der Waals surface area contributed by atoms with Crippen molar-refractivity contribution in [2.75, 3.05) is 0 Å². The molecule has 0 rings (SSSR count). The monoisotopic (exact) mass is 230 g/mol. The minimum absolute atomic E-state index is 0.243. The molecule has 0 radical (unpaired) electrons. The second-order valence-corrected chi connectivity index (χ2v) is 3.85. The number of rotatable bonds is 8. The van der Waals surface area contributed by atoms with Crippen LogP contribution in [-0.2, 0) is 9.59 Å². The van der Waals surface area contributed by atoms with Crippen molar-refractivity contribution in [1.29, 1.82) is 0 Å². The first kappa shape index (κ1) is 14.6. The van der Waals surface area contributed by atoms with Gasteiger partial charge in [0.1, 0.15) is 0 Å². The van der Waals surface area contributed by atoms with Crippen molar-refractivity contribution in [3.8, 4) is 0 Å². The Balaban J connectivity index is 4.11. The van der Waals surface area contributed by atoms with E-state index in [0.29, 0.717) is 19.3 Å². The summed E-state index contributed by atoms with van der Waals surface area (Å²) in [4.78, 5) is 21.4. The van der Waals surface area contributed by atoms with Crippen molar-refractivity contribution >= 4 is 11.9 Å². The Kier molecular flexibility index (Phi) is 6.41. The first-order valence-corrected chi connectivity index (χ1v) is 5.19. The summed E-state index contributed by atoms with van der Waals surface area (Å²) < 4.78 is 0. The van der Waals surface area contributed by atoms with E-state index in [4.69, 9.17) is 15.3 Å². The molecule has 0 aromatic rings. The molecule has 5 nitrogen and oxygen atoms in total. The molecule has 0 aliphatic carbocycles. The fraction of sp³-hybridized carbons (Fsp3) is 0.636. The van der Waals surface area contributed by atoms with Crippen molar-refractivity contribution in [2.45, 2.75) is 38.7 Å². The van der Waals surface area contributed by atoms with Crippen molar-refractivity contribution in [3.05, 3.63) is 12.2 Å². The van der Waals surface area contributed by atoms with Gasteiger partial charge in [0.25, 0.3) is 0 Å². The topological polar surface area (TPSA) is 94.8 Å². The third-order valence-electron chi connectivity index (χ3n) is 2.36. The zero-order valence-electron chi connectivity index (χ0n) is 9.35. The highest BCUT2D eigenvalue weighted by Crippen LogP contribution is 2.18. The highest BCUT2D eigenvalue weighted by Gasteiger charge is 2.24. The summed E-state index contributed by atoms with van der Waals surface area (Å²) in [6.45, 7) is 4.92. The van der Waals surface area contributed by atoms with Gasteiger partial charge in [-0.05, 0) is 19.8 Å². The number of carboxylic acids is 2. The summed E-state index contributed by atoms with van der Waals surface area (Å²) in [6, 6.07) is 0. The minimum atomic E-state index is -1.28. The Morgan fingerprint density at radius 1 is 1.19 bits per heavy atom. The van der Waals surface area contributed by atoms with Gasteiger partial charge in [0, 0.05) is 5.57 Å². The third-order valence-corrected chi connectivity index (χ3v) is 2.36. The molecule has 0 aromatic heterocycles. The van der Waals surface area contributed by atoms with Crippen LogP contribution in [0.1, 0.15) is 32.6 Å². The Morgan fingerprint density at radius 3 is 2.06 bits per heavy atom. The van der Waals surface area contributed by atoms with Crippen LogP contribution < -0.4 is 0 Å². The number of aliphatic hydroxyl groups is 1. The normalized spacial score (nSPS) is 14.1. The maximum atomic E-state index is 10.8. The summed E-state index contributed by atoms with van der Waals surface area (Å²) >= 11 is 0. The highest BCUT2D eigenvalue weighted by atomic mass is 16.4. The molecular formula is C11H18O5. The maximum Gasteiger partial charge on any atom is 0.331 e. The average Bonchev–Trinajstić information content (AvgIpc) is 2.15. The average molecular weight is 230 g/mol. The fourth-order valence-corrected chi connectivity index (χ4v) is 1.38. The molecule has 0 aromatic carbocycles. The lowest BCUT2D eigenvalue weighted by Gasteiger charge is -2.12. The largest absolute Gasteiger partial charge is 0.481 e. The molecule has 0 spiro atoms. The molecular weight excluding hydrogens is 212 g/mol. The first-order chi connectivity index (χ1) is 7.36. The lowest BCUT2D eigenvalue weighted by Crippen LogP contribution is -2.20. The van der Waals surface area contributed by atoms with E-state index in [-0.39, 0.29) is 12.0 Å². The van der Waals surface area contributed by atoms with Gasteiger partial charge in [0.05, 0.1) is 12.0 Å². The standard InChI is InChI=1S/C11H18O5/c1-7(12)5-3-4-6-9(11(15)16)8(2)10(13)14/h7,9,12H,2-6H2,1H3,(H,13,14)(H,15,16)/t7?,9-/m0/s1. The molecule has 0 fully saturated rings. The van der Waals surface area contributed by atoms with Crippen LogP contribution in [0.5, 0.6) is 0 Å². The van der Waals surface area contributed by atoms with Crippen LogP contribution in [0.4, 0.5) is 0 Å². The lowest BCUT2D eigenvalue weighted by atomic mass is 9.94. The van der Waals surface area contributed by atoms with E-state index in [9.17, 15) is 9.59 Å². The zero-order valence-corrected chi connectivity index (χ0v) is 9.35. The molecule has 0 saturated carbocycles. The molecule has 2 atom stereocenters. The Bertz CT molecular complexity index is 270. The number of carboxylic acid groups (broad SMARTS) is 2. The van der Waals surface area contributed by atoms with Gasteiger partial charge >= 0.3 is 11.9 Å². The number of hydrogen-bond donors (Lipinski definition) is 3. The van der Waals surface area contributed by atoms with Crippen molar-refractivity contribution < 1.29 is 24.9 Å². The Labute approximate surface area is 94.4 Å². The van der Waals surface area contributed by atoms with Gasteiger partial charge in [-0.1, -0.05) is 19.4 Å². The number of aliphatic hydroxyl groups excluding tert-OH is 1. The molecule has 16 heavy (non-hydrogen) atoms. The predicted octanol–water partition coefficient (Wildman–Crippen LogP) is 1.27. The third kappa shape index (κ3) is 5.50. The Hall–Kier alpha value is -1.36. The number of aliphatic carboxylic acids is 2. The molecule has 0 amide bonds. The molecule has 1 unspecified atom stereocenters. The van der Waals surface area contributed by atoms with E-state index in [2.05, 4.69) is 6.58 Å². The molecule has 3 N–H and O–H groups in total. The number of unbranched alkanes of at least 4 members (excludes halogenated alkanes) is 1. The molecule has 5 heteroatoms. The van der Waals surface area contributed by atoms with Crippen molar-refractivity contribution in [2.24, 2.45) is 5.92 Å². The highest BCUT2D eigenvalue weighted by molar-refractivity contribution is 5.93. The van der Waals surface area contributed by atoms with E-state index in [1.54, 1.807) is 6.92 Å². The van der Waals surface area contributed by atoms with Crippen LogP contribution in [0, 0.1) is 5.92 Å².